The van der Waals surface area contributed by atoms with E-state index in [0.29, 0.717) is 11.4 Å². The molecule has 6 nitrogen and oxygen atoms in total. The standard InChI is InChI=1S/C15H27N5O/c1-6-7-8-9-20(10(2)3)15-13(14(16)19-21)11(4)12(5)17-18-15/h10,21H,6-9H2,1-5H3,(H2,16,19). The summed E-state index contributed by atoms with van der Waals surface area (Å²) in [6.07, 6.45) is 3.41. The van der Waals surface area contributed by atoms with Gasteiger partial charge in [-0.2, -0.15) is 5.10 Å². The SMILES string of the molecule is CCCCCN(c1nnc(C)c(C)c1C(N)=NO)C(C)C. The Morgan fingerprint density at radius 2 is 1.95 bits per heavy atom. The van der Waals surface area contributed by atoms with Crippen molar-refractivity contribution in [1.29, 1.82) is 0 Å². The molecule has 0 atom stereocenters. The van der Waals surface area contributed by atoms with Crippen LogP contribution < -0.4 is 10.6 Å². The second-order valence-electron chi connectivity index (χ2n) is 5.59. The summed E-state index contributed by atoms with van der Waals surface area (Å²) in [5.41, 5.74) is 8.23. The van der Waals surface area contributed by atoms with Gasteiger partial charge in [-0.3, -0.25) is 0 Å². The van der Waals surface area contributed by atoms with Crippen molar-refractivity contribution in [1.82, 2.24) is 10.2 Å². The van der Waals surface area contributed by atoms with Crippen LogP contribution in [0.1, 0.15) is 56.9 Å². The van der Waals surface area contributed by atoms with Crippen LogP contribution in [0.25, 0.3) is 0 Å². The summed E-state index contributed by atoms with van der Waals surface area (Å²) in [7, 11) is 0. The maximum atomic E-state index is 9.06. The number of anilines is 1. The molecule has 0 aromatic carbocycles. The third kappa shape index (κ3) is 4.06. The molecule has 1 heterocycles. The molecule has 1 rings (SSSR count). The van der Waals surface area contributed by atoms with Crippen molar-refractivity contribution in [2.75, 3.05) is 11.4 Å². The largest absolute Gasteiger partial charge is 0.409 e. The number of rotatable bonds is 7. The van der Waals surface area contributed by atoms with Crippen LogP contribution in [0.2, 0.25) is 0 Å². The molecule has 0 spiro atoms. The Hall–Kier alpha value is -1.85. The average Bonchev–Trinajstić information content (AvgIpc) is 2.45. The fourth-order valence-electron chi connectivity index (χ4n) is 2.29. The highest BCUT2D eigenvalue weighted by molar-refractivity contribution is 6.02. The molecule has 0 fully saturated rings. The highest BCUT2D eigenvalue weighted by Gasteiger charge is 2.22. The molecule has 0 amide bonds. The number of nitrogens with two attached hydrogens (primary N) is 1. The summed E-state index contributed by atoms with van der Waals surface area (Å²) < 4.78 is 0. The molecule has 1 aromatic heterocycles. The summed E-state index contributed by atoms with van der Waals surface area (Å²) >= 11 is 0. The average molecular weight is 293 g/mol. The highest BCUT2D eigenvalue weighted by Crippen LogP contribution is 2.24. The second kappa shape index (κ2) is 7.81. The number of unbranched alkanes of at least 4 members (excludes halogenated alkanes) is 2. The molecule has 0 radical (unpaired) electrons. The molecule has 1 aromatic rings. The number of hydrogen-bond donors (Lipinski definition) is 2. The maximum Gasteiger partial charge on any atom is 0.174 e. The first-order valence-corrected chi connectivity index (χ1v) is 7.52. The zero-order valence-corrected chi connectivity index (χ0v) is 13.7. The van der Waals surface area contributed by atoms with Crippen LogP contribution in [-0.2, 0) is 0 Å². The molecule has 118 valence electrons. The molecule has 0 bridgehead atoms. The minimum absolute atomic E-state index is 0.0849. The maximum absolute atomic E-state index is 9.06. The van der Waals surface area contributed by atoms with E-state index in [9.17, 15) is 0 Å². The Bertz CT molecular complexity index is 499. The van der Waals surface area contributed by atoms with Gasteiger partial charge in [0.25, 0.3) is 0 Å². The second-order valence-corrected chi connectivity index (χ2v) is 5.59. The molecule has 0 unspecified atom stereocenters. The van der Waals surface area contributed by atoms with Crippen LogP contribution in [-0.4, -0.2) is 33.8 Å². The van der Waals surface area contributed by atoms with Crippen LogP contribution in [0.15, 0.2) is 5.16 Å². The summed E-state index contributed by atoms with van der Waals surface area (Å²) in [6, 6.07) is 0.267. The van der Waals surface area contributed by atoms with Gasteiger partial charge in [0.05, 0.1) is 11.3 Å². The van der Waals surface area contributed by atoms with Gasteiger partial charge < -0.3 is 15.8 Å². The van der Waals surface area contributed by atoms with Crippen molar-refractivity contribution in [2.24, 2.45) is 10.9 Å². The van der Waals surface area contributed by atoms with Crippen LogP contribution in [0.5, 0.6) is 0 Å². The minimum atomic E-state index is 0.0849. The summed E-state index contributed by atoms with van der Waals surface area (Å²) in [6.45, 7) is 11.1. The lowest BCUT2D eigenvalue weighted by Gasteiger charge is -2.29. The van der Waals surface area contributed by atoms with E-state index < -0.39 is 0 Å². The predicted molar refractivity (Wildman–Crippen MR) is 86.0 cm³/mol. The molecule has 0 aliphatic heterocycles. The molecule has 0 saturated heterocycles. The summed E-state index contributed by atoms with van der Waals surface area (Å²) in [5.74, 6) is 0.779. The van der Waals surface area contributed by atoms with Crippen LogP contribution in [0, 0.1) is 13.8 Å². The van der Waals surface area contributed by atoms with Crippen LogP contribution in [0.3, 0.4) is 0 Å². The Balaban J connectivity index is 3.27. The molecule has 21 heavy (non-hydrogen) atoms. The van der Waals surface area contributed by atoms with E-state index in [1.165, 1.54) is 6.42 Å². The quantitative estimate of drug-likeness (QED) is 0.265. The number of hydrogen-bond acceptors (Lipinski definition) is 5. The van der Waals surface area contributed by atoms with Gasteiger partial charge in [0.15, 0.2) is 11.7 Å². The molecular weight excluding hydrogens is 266 g/mol. The highest BCUT2D eigenvalue weighted by atomic mass is 16.4. The molecule has 0 aliphatic rings. The van der Waals surface area contributed by atoms with Gasteiger partial charge in [0.1, 0.15) is 0 Å². The molecule has 6 heteroatoms. The summed E-state index contributed by atoms with van der Waals surface area (Å²) in [4.78, 5) is 2.17. The normalized spacial score (nSPS) is 12.0. The van der Waals surface area contributed by atoms with Crippen molar-refractivity contribution >= 4 is 11.7 Å². The van der Waals surface area contributed by atoms with Gasteiger partial charge >= 0.3 is 0 Å². The smallest absolute Gasteiger partial charge is 0.174 e. The third-order valence-electron chi connectivity index (χ3n) is 3.70. The molecule has 0 aliphatic carbocycles. The van der Waals surface area contributed by atoms with E-state index in [0.717, 1.165) is 30.6 Å². The van der Waals surface area contributed by atoms with E-state index in [2.05, 4.69) is 41.0 Å². The third-order valence-corrected chi connectivity index (χ3v) is 3.70. The number of aryl methyl sites for hydroxylation is 1. The Morgan fingerprint density at radius 3 is 2.48 bits per heavy atom. The topological polar surface area (TPSA) is 87.6 Å². The van der Waals surface area contributed by atoms with Gasteiger partial charge in [0.2, 0.25) is 0 Å². The van der Waals surface area contributed by atoms with Crippen molar-refractivity contribution in [3.63, 3.8) is 0 Å². The lowest BCUT2D eigenvalue weighted by molar-refractivity contribution is 0.318. The van der Waals surface area contributed by atoms with E-state index in [-0.39, 0.29) is 11.9 Å². The van der Waals surface area contributed by atoms with E-state index in [4.69, 9.17) is 10.9 Å². The number of oxime groups is 1. The lowest BCUT2D eigenvalue weighted by atomic mass is 10.1. The monoisotopic (exact) mass is 293 g/mol. The Kier molecular flexibility index (Phi) is 6.39. The van der Waals surface area contributed by atoms with Crippen LogP contribution in [0.4, 0.5) is 5.82 Å². The zero-order valence-electron chi connectivity index (χ0n) is 13.7. The lowest BCUT2D eigenvalue weighted by Crippen LogP contribution is -2.35. The number of amidine groups is 1. The minimum Gasteiger partial charge on any atom is -0.409 e. The molecule has 3 N–H and O–H groups in total. The van der Waals surface area contributed by atoms with Crippen LogP contribution >= 0.6 is 0 Å². The Morgan fingerprint density at radius 1 is 1.29 bits per heavy atom. The van der Waals surface area contributed by atoms with Gasteiger partial charge in [-0.25, -0.2) is 0 Å². The first kappa shape index (κ1) is 17.2. The van der Waals surface area contributed by atoms with Crippen molar-refractivity contribution in [3.05, 3.63) is 16.8 Å². The molecular formula is C15H27N5O. The van der Waals surface area contributed by atoms with Gasteiger partial charge in [-0.15, -0.1) is 5.10 Å². The zero-order chi connectivity index (χ0) is 16.0. The van der Waals surface area contributed by atoms with E-state index in [1.807, 2.05) is 13.8 Å². The molecule has 0 saturated carbocycles. The van der Waals surface area contributed by atoms with Gasteiger partial charge in [-0.05, 0) is 39.7 Å². The number of nitrogens with zero attached hydrogens (tertiary/aromatic N) is 4. The fourth-order valence-corrected chi connectivity index (χ4v) is 2.29. The van der Waals surface area contributed by atoms with Gasteiger partial charge in [-0.1, -0.05) is 24.9 Å². The fraction of sp³-hybridized carbons (Fsp3) is 0.667. The van der Waals surface area contributed by atoms with E-state index >= 15 is 0 Å². The predicted octanol–water partition coefficient (Wildman–Crippen LogP) is 2.59. The first-order chi connectivity index (χ1) is 9.93. The van der Waals surface area contributed by atoms with Crippen molar-refractivity contribution in [3.8, 4) is 0 Å². The first-order valence-electron chi connectivity index (χ1n) is 7.52. The van der Waals surface area contributed by atoms with Gasteiger partial charge in [0, 0.05) is 12.6 Å². The van der Waals surface area contributed by atoms with E-state index in [1.54, 1.807) is 0 Å². The van der Waals surface area contributed by atoms with Crippen molar-refractivity contribution < 1.29 is 5.21 Å². The number of aromatic nitrogens is 2. The Labute approximate surface area is 127 Å². The summed E-state index contributed by atoms with van der Waals surface area (Å²) in [5, 5.41) is 20.7. The van der Waals surface area contributed by atoms with Crippen molar-refractivity contribution in [2.45, 2.75) is 59.9 Å².